The number of ether oxygens (including phenoxy) is 1. The smallest absolute Gasteiger partial charge is 0.333 e. The van der Waals surface area contributed by atoms with Gasteiger partial charge in [-0.2, -0.15) is 0 Å². The summed E-state index contributed by atoms with van der Waals surface area (Å²) in [6.07, 6.45) is 1.90. The predicted molar refractivity (Wildman–Crippen MR) is 53.6 cm³/mol. The zero-order valence-corrected chi connectivity index (χ0v) is 8.96. The highest BCUT2D eigenvalue weighted by atomic mass is 16.5. The third-order valence-corrected chi connectivity index (χ3v) is 2.06. The predicted octanol–water partition coefficient (Wildman–Crippen LogP) is 1.45. The molecular weight excluding hydrogens is 166 g/mol. The minimum absolute atomic E-state index is 0.243. The van der Waals surface area contributed by atoms with E-state index in [9.17, 15) is 4.79 Å². The molecule has 0 aliphatic heterocycles. The maximum Gasteiger partial charge on any atom is 0.333 e. The second-order valence-electron chi connectivity index (χ2n) is 2.86. The van der Waals surface area contributed by atoms with Crippen molar-refractivity contribution in [3.63, 3.8) is 0 Å². The molecule has 0 aromatic heterocycles. The largest absolute Gasteiger partial charge is 0.466 e. The van der Waals surface area contributed by atoms with E-state index in [1.807, 2.05) is 6.08 Å². The number of rotatable bonds is 5. The summed E-state index contributed by atoms with van der Waals surface area (Å²) in [5.41, 5.74) is 0.675. The molecule has 0 N–H and O–H groups in total. The Labute approximate surface area is 80.4 Å². The summed E-state index contributed by atoms with van der Waals surface area (Å²) in [6, 6.07) is 0. The topological polar surface area (TPSA) is 29.5 Å². The fraction of sp³-hybridized carbons (Fsp3) is 0.700. The summed E-state index contributed by atoms with van der Waals surface area (Å²) < 4.78 is 4.59. The van der Waals surface area contributed by atoms with Crippen molar-refractivity contribution >= 4 is 5.97 Å². The van der Waals surface area contributed by atoms with Gasteiger partial charge in [0, 0.05) is 12.1 Å². The van der Waals surface area contributed by atoms with Crippen molar-refractivity contribution in [2.24, 2.45) is 0 Å². The first-order valence-electron chi connectivity index (χ1n) is 4.63. The zero-order chi connectivity index (χ0) is 10.3. The molecule has 3 nitrogen and oxygen atoms in total. The van der Waals surface area contributed by atoms with Crippen molar-refractivity contribution in [1.82, 2.24) is 4.90 Å². The van der Waals surface area contributed by atoms with Crippen LogP contribution in [0, 0.1) is 0 Å². The fourth-order valence-corrected chi connectivity index (χ4v) is 0.992. The van der Waals surface area contributed by atoms with Gasteiger partial charge in [0.25, 0.3) is 0 Å². The molecule has 0 unspecified atom stereocenters. The number of methoxy groups -OCH3 is 1. The number of carbonyl (C=O) groups is 1. The molecule has 0 aliphatic rings. The van der Waals surface area contributed by atoms with Crippen molar-refractivity contribution in [2.75, 3.05) is 26.7 Å². The molecule has 0 bridgehead atoms. The number of nitrogens with zero attached hydrogens (tertiary/aromatic N) is 1. The van der Waals surface area contributed by atoms with Crippen LogP contribution < -0.4 is 0 Å². The maximum absolute atomic E-state index is 11.0. The first kappa shape index (κ1) is 12.2. The Morgan fingerprint density at radius 3 is 2.31 bits per heavy atom. The molecule has 0 aromatic carbocycles. The molecule has 0 rings (SSSR count). The molecule has 0 amide bonds. The number of carbonyl (C=O) groups excluding carboxylic acids is 1. The fourth-order valence-electron chi connectivity index (χ4n) is 0.992. The van der Waals surface area contributed by atoms with E-state index in [0.29, 0.717) is 5.57 Å². The van der Waals surface area contributed by atoms with E-state index in [2.05, 4.69) is 23.5 Å². The van der Waals surface area contributed by atoms with Crippen LogP contribution in [0.2, 0.25) is 0 Å². The summed E-state index contributed by atoms with van der Waals surface area (Å²) in [4.78, 5) is 13.2. The van der Waals surface area contributed by atoms with Gasteiger partial charge in [0.05, 0.1) is 7.11 Å². The molecule has 0 saturated carbocycles. The first-order chi connectivity index (χ1) is 6.15. The standard InChI is InChI=1S/C10H19NO2/c1-5-11(6-2)8-7-9(3)10(12)13-4/h7H,5-6,8H2,1-4H3. The number of hydrogen-bond acceptors (Lipinski definition) is 3. The van der Waals surface area contributed by atoms with E-state index in [0.717, 1.165) is 19.6 Å². The van der Waals surface area contributed by atoms with Crippen LogP contribution in [0.4, 0.5) is 0 Å². The number of likely N-dealkylation sites (N-methyl/N-ethyl adjacent to an activating group) is 1. The van der Waals surface area contributed by atoms with Crippen LogP contribution in [0.5, 0.6) is 0 Å². The van der Waals surface area contributed by atoms with Gasteiger partial charge in [0.15, 0.2) is 0 Å². The molecule has 13 heavy (non-hydrogen) atoms. The van der Waals surface area contributed by atoms with Crippen LogP contribution in [-0.2, 0) is 9.53 Å². The summed E-state index contributed by atoms with van der Waals surface area (Å²) in [5.74, 6) is -0.243. The van der Waals surface area contributed by atoms with Gasteiger partial charge < -0.3 is 9.64 Å². The molecule has 0 atom stereocenters. The average Bonchev–Trinajstić information content (AvgIpc) is 2.17. The highest BCUT2D eigenvalue weighted by Gasteiger charge is 2.03. The third-order valence-electron chi connectivity index (χ3n) is 2.06. The van der Waals surface area contributed by atoms with Gasteiger partial charge in [0.2, 0.25) is 0 Å². The molecule has 0 aromatic rings. The Bertz CT molecular complexity index is 183. The number of hydrogen-bond donors (Lipinski definition) is 0. The van der Waals surface area contributed by atoms with Gasteiger partial charge in [0.1, 0.15) is 0 Å². The maximum atomic E-state index is 11.0. The molecule has 3 heteroatoms. The first-order valence-corrected chi connectivity index (χ1v) is 4.63. The lowest BCUT2D eigenvalue weighted by Gasteiger charge is -2.15. The van der Waals surface area contributed by atoms with E-state index in [-0.39, 0.29) is 5.97 Å². The van der Waals surface area contributed by atoms with E-state index in [1.165, 1.54) is 7.11 Å². The Balaban J connectivity index is 4.01. The van der Waals surface area contributed by atoms with Crippen molar-refractivity contribution < 1.29 is 9.53 Å². The minimum Gasteiger partial charge on any atom is -0.466 e. The molecular formula is C10H19NO2. The molecule has 76 valence electrons. The minimum atomic E-state index is -0.243. The number of esters is 1. The van der Waals surface area contributed by atoms with Gasteiger partial charge in [-0.05, 0) is 20.0 Å². The molecule has 0 radical (unpaired) electrons. The lowest BCUT2D eigenvalue weighted by Crippen LogP contribution is -2.23. The Morgan fingerprint density at radius 1 is 1.38 bits per heavy atom. The lowest BCUT2D eigenvalue weighted by atomic mass is 10.3. The van der Waals surface area contributed by atoms with E-state index in [1.54, 1.807) is 6.92 Å². The summed E-state index contributed by atoms with van der Waals surface area (Å²) >= 11 is 0. The van der Waals surface area contributed by atoms with Gasteiger partial charge in [-0.3, -0.25) is 0 Å². The Morgan fingerprint density at radius 2 is 1.92 bits per heavy atom. The van der Waals surface area contributed by atoms with E-state index < -0.39 is 0 Å². The van der Waals surface area contributed by atoms with Crippen molar-refractivity contribution in [3.8, 4) is 0 Å². The van der Waals surface area contributed by atoms with Crippen molar-refractivity contribution in [2.45, 2.75) is 20.8 Å². The van der Waals surface area contributed by atoms with Crippen LogP contribution in [0.1, 0.15) is 20.8 Å². The highest BCUT2D eigenvalue weighted by molar-refractivity contribution is 5.87. The monoisotopic (exact) mass is 185 g/mol. The summed E-state index contributed by atoms with van der Waals surface area (Å²) in [5, 5.41) is 0. The zero-order valence-electron chi connectivity index (χ0n) is 8.96. The van der Waals surface area contributed by atoms with Crippen molar-refractivity contribution in [1.29, 1.82) is 0 Å². The molecule has 0 heterocycles. The van der Waals surface area contributed by atoms with Crippen molar-refractivity contribution in [3.05, 3.63) is 11.6 Å². The SMILES string of the molecule is CCN(CC)CC=C(C)C(=O)OC. The molecule has 0 fully saturated rings. The van der Waals surface area contributed by atoms with Gasteiger partial charge in [-0.25, -0.2) is 4.79 Å². The van der Waals surface area contributed by atoms with Crippen LogP contribution >= 0.6 is 0 Å². The third kappa shape index (κ3) is 4.68. The summed E-state index contributed by atoms with van der Waals surface area (Å²) in [7, 11) is 1.40. The van der Waals surface area contributed by atoms with Gasteiger partial charge in [-0.15, -0.1) is 0 Å². The average molecular weight is 185 g/mol. The quantitative estimate of drug-likeness (QED) is 0.479. The second kappa shape index (κ2) is 6.66. The highest BCUT2D eigenvalue weighted by Crippen LogP contribution is 1.97. The lowest BCUT2D eigenvalue weighted by molar-refractivity contribution is -0.136. The second-order valence-corrected chi connectivity index (χ2v) is 2.86. The van der Waals surface area contributed by atoms with E-state index in [4.69, 9.17) is 0 Å². The normalized spacial score (nSPS) is 11.9. The summed E-state index contributed by atoms with van der Waals surface area (Å²) in [6.45, 7) is 8.79. The van der Waals surface area contributed by atoms with Crippen LogP contribution in [0.3, 0.4) is 0 Å². The van der Waals surface area contributed by atoms with Crippen LogP contribution in [0.25, 0.3) is 0 Å². The molecule has 0 spiro atoms. The Hall–Kier alpha value is -0.830. The van der Waals surface area contributed by atoms with Crippen LogP contribution in [0.15, 0.2) is 11.6 Å². The van der Waals surface area contributed by atoms with Crippen LogP contribution in [-0.4, -0.2) is 37.6 Å². The molecule has 0 saturated heterocycles. The van der Waals surface area contributed by atoms with E-state index >= 15 is 0 Å². The molecule has 0 aliphatic carbocycles. The Kier molecular flexibility index (Phi) is 6.24. The van der Waals surface area contributed by atoms with Gasteiger partial charge in [-0.1, -0.05) is 19.9 Å². The van der Waals surface area contributed by atoms with Gasteiger partial charge >= 0.3 is 5.97 Å².